The molecule has 0 bridgehead atoms. The highest BCUT2D eigenvalue weighted by molar-refractivity contribution is 6.56. The SMILES string of the molecule is CC(C)(C)c1cccc(/N=C2\C(=O)N(c3ccccc3)c3ccccc32)c1. The molecule has 27 heavy (non-hydrogen) atoms. The number of nitrogens with zero attached hydrogens (tertiary/aromatic N) is 2. The van der Waals surface area contributed by atoms with Crippen LogP contribution in [0.2, 0.25) is 0 Å². The molecule has 0 fully saturated rings. The van der Waals surface area contributed by atoms with Gasteiger partial charge >= 0.3 is 0 Å². The minimum atomic E-state index is -0.0939. The molecule has 3 heteroatoms. The van der Waals surface area contributed by atoms with Crippen molar-refractivity contribution < 1.29 is 4.79 Å². The van der Waals surface area contributed by atoms with E-state index in [-0.39, 0.29) is 11.3 Å². The zero-order valence-corrected chi connectivity index (χ0v) is 15.8. The number of carbonyl (C=O) groups is 1. The molecule has 0 N–H and O–H groups in total. The van der Waals surface area contributed by atoms with Crippen LogP contribution in [0.1, 0.15) is 31.9 Å². The van der Waals surface area contributed by atoms with Crippen LogP contribution in [0.5, 0.6) is 0 Å². The van der Waals surface area contributed by atoms with Crippen LogP contribution < -0.4 is 4.90 Å². The Hall–Kier alpha value is -3.20. The van der Waals surface area contributed by atoms with Crippen molar-refractivity contribution in [1.82, 2.24) is 0 Å². The molecular formula is C24H22N2O. The molecular weight excluding hydrogens is 332 g/mol. The number of benzene rings is 3. The van der Waals surface area contributed by atoms with Crippen molar-refractivity contribution in [2.24, 2.45) is 4.99 Å². The molecule has 1 aliphatic heterocycles. The Morgan fingerprint density at radius 2 is 1.52 bits per heavy atom. The van der Waals surface area contributed by atoms with E-state index in [9.17, 15) is 4.79 Å². The van der Waals surface area contributed by atoms with Crippen LogP contribution in [0.4, 0.5) is 17.1 Å². The second-order valence-corrected chi connectivity index (χ2v) is 7.75. The van der Waals surface area contributed by atoms with Gasteiger partial charge < -0.3 is 0 Å². The molecule has 3 aromatic rings. The monoisotopic (exact) mass is 354 g/mol. The lowest BCUT2D eigenvalue weighted by molar-refractivity contribution is -0.111. The highest BCUT2D eigenvalue weighted by Gasteiger charge is 2.34. The van der Waals surface area contributed by atoms with Gasteiger partial charge in [-0.25, -0.2) is 4.99 Å². The highest BCUT2D eigenvalue weighted by atomic mass is 16.2. The smallest absolute Gasteiger partial charge is 0.275 e. The van der Waals surface area contributed by atoms with E-state index in [4.69, 9.17) is 4.99 Å². The van der Waals surface area contributed by atoms with E-state index in [1.54, 1.807) is 4.90 Å². The Kier molecular flexibility index (Phi) is 4.15. The van der Waals surface area contributed by atoms with Gasteiger partial charge in [0.2, 0.25) is 0 Å². The van der Waals surface area contributed by atoms with E-state index < -0.39 is 0 Å². The summed E-state index contributed by atoms with van der Waals surface area (Å²) in [6, 6.07) is 25.6. The van der Waals surface area contributed by atoms with Crippen LogP contribution >= 0.6 is 0 Å². The molecule has 3 aromatic carbocycles. The van der Waals surface area contributed by atoms with Gasteiger partial charge in [-0.05, 0) is 41.3 Å². The maximum Gasteiger partial charge on any atom is 0.282 e. The average molecular weight is 354 g/mol. The summed E-state index contributed by atoms with van der Waals surface area (Å²) in [5.41, 5.74) is 5.11. The van der Waals surface area contributed by atoms with Gasteiger partial charge in [0, 0.05) is 11.3 Å². The van der Waals surface area contributed by atoms with Crippen molar-refractivity contribution >= 4 is 28.7 Å². The Balaban J connectivity index is 1.83. The maximum absolute atomic E-state index is 13.2. The van der Waals surface area contributed by atoms with E-state index in [1.807, 2.05) is 66.7 Å². The van der Waals surface area contributed by atoms with E-state index in [2.05, 4.69) is 32.9 Å². The highest BCUT2D eigenvalue weighted by Crippen LogP contribution is 2.36. The summed E-state index contributed by atoms with van der Waals surface area (Å²) in [7, 11) is 0. The van der Waals surface area contributed by atoms with Gasteiger partial charge in [0.1, 0.15) is 5.71 Å². The Morgan fingerprint density at radius 3 is 2.26 bits per heavy atom. The van der Waals surface area contributed by atoms with Crippen LogP contribution in [0.25, 0.3) is 0 Å². The van der Waals surface area contributed by atoms with Crippen molar-refractivity contribution in [1.29, 1.82) is 0 Å². The molecule has 0 radical (unpaired) electrons. The van der Waals surface area contributed by atoms with E-state index in [0.29, 0.717) is 5.71 Å². The fraction of sp³-hybridized carbons (Fsp3) is 0.167. The second-order valence-electron chi connectivity index (χ2n) is 7.75. The zero-order valence-electron chi connectivity index (χ0n) is 15.8. The fourth-order valence-electron chi connectivity index (χ4n) is 3.31. The number of carbonyl (C=O) groups excluding carboxylic acids is 1. The predicted octanol–water partition coefficient (Wildman–Crippen LogP) is 5.78. The fourth-order valence-corrected chi connectivity index (χ4v) is 3.31. The molecule has 0 unspecified atom stereocenters. The van der Waals surface area contributed by atoms with Crippen molar-refractivity contribution in [2.45, 2.75) is 26.2 Å². The van der Waals surface area contributed by atoms with Gasteiger partial charge in [-0.3, -0.25) is 9.69 Å². The first-order valence-electron chi connectivity index (χ1n) is 9.13. The number of fused-ring (bicyclic) bond motifs is 1. The standard InChI is InChI=1S/C24H22N2O/c1-24(2,3)17-10-9-11-18(16-17)25-22-20-14-7-8-15-21(20)26(23(22)27)19-12-5-4-6-13-19/h4-16H,1-3H3/b25-22-. The lowest BCUT2D eigenvalue weighted by atomic mass is 9.87. The van der Waals surface area contributed by atoms with E-state index in [0.717, 1.165) is 22.6 Å². The van der Waals surface area contributed by atoms with Gasteiger partial charge in [-0.1, -0.05) is 69.3 Å². The first-order valence-corrected chi connectivity index (χ1v) is 9.13. The molecule has 0 aliphatic carbocycles. The normalized spacial score (nSPS) is 15.3. The van der Waals surface area contributed by atoms with Crippen LogP contribution in [0, 0.1) is 0 Å². The van der Waals surface area contributed by atoms with Crippen LogP contribution in [-0.2, 0) is 10.2 Å². The zero-order chi connectivity index (χ0) is 19.0. The molecule has 1 amide bonds. The van der Waals surface area contributed by atoms with Gasteiger partial charge in [0.05, 0.1) is 11.4 Å². The second kappa shape index (κ2) is 6.51. The number of anilines is 2. The van der Waals surface area contributed by atoms with Crippen molar-refractivity contribution in [3.05, 3.63) is 90.0 Å². The topological polar surface area (TPSA) is 32.7 Å². The average Bonchev–Trinajstić information content (AvgIpc) is 2.94. The van der Waals surface area contributed by atoms with Crippen LogP contribution in [-0.4, -0.2) is 11.6 Å². The first-order chi connectivity index (χ1) is 12.9. The minimum absolute atomic E-state index is 0.0316. The number of aliphatic imine (C=N–C) groups is 1. The predicted molar refractivity (Wildman–Crippen MR) is 111 cm³/mol. The van der Waals surface area contributed by atoms with Crippen molar-refractivity contribution in [2.75, 3.05) is 4.90 Å². The first kappa shape index (κ1) is 17.2. The molecule has 3 nitrogen and oxygen atoms in total. The molecule has 0 saturated heterocycles. The van der Waals surface area contributed by atoms with Crippen LogP contribution in [0.3, 0.4) is 0 Å². The maximum atomic E-state index is 13.2. The third kappa shape index (κ3) is 3.17. The summed E-state index contributed by atoms with van der Waals surface area (Å²) in [4.78, 5) is 19.7. The summed E-state index contributed by atoms with van der Waals surface area (Å²) >= 11 is 0. The number of hydrogen-bond acceptors (Lipinski definition) is 2. The van der Waals surface area contributed by atoms with Crippen LogP contribution in [0.15, 0.2) is 83.9 Å². The summed E-state index contributed by atoms with van der Waals surface area (Å²) in [6.07, 6.45) is 0. The molecule has 0 spiro atoms. The van der Waals surface area contributed by atoms with E-state index >= 15 is 0 Å². The number of rotatable bonds is 2. The molecule has 0 saturated carbocycles. The van der Waals surface area contributed by atoms with E-state index in [1.165, 1.54) is 5.56 Å². The molecule has 0 aromatic heterocycles. The van der Waals surface area contributed by atoms with Crippen molar-refractivity contribution in [3.63, 3.8) is 0 Å². The molecule has 1 aliphatic rings. The summed E-state index contributed by atoms with van der Waals surface area (Å²) in [5, 5.41) is 0. The largest absolute Gasteiger partial charge is 0.282 e. The number of para-hydroxylation sites is 2. The van der Waals surface area contributed by atoms with Gasteiger partial charge in [0.15, 0.2) is 0 Å². The number of amides is 1. The third-order valence-corrected chi connectivity index (χ3v) is 4.77. The van der Waals surface area contributed by atoms with Gasteiger partial charge in [-0.15, -0.1) is 0 Å². The van der Waals surface area contributed by atoms with Crippen molar-refractivity contribution in [3.8, 4) is 0 Å². The summed E-state index contributed by atoms with van der Waals surface area (Å²) < 4.78 is 0. The quantitative estimate of drug-likeness (QED) is 0.574. The lowest BCUT2D eigenvalue weighted by Crippen LogP contribution is -2.25. The van der Waals surface area contributed by atoms with Gasteiger partial charge in [-0.2, -0.15) is 0 Å². The molecule has 0 atom stereocenters. The Morgan fingerprint density at radius 1 is 0.815 bits per heavy atom. The number of hydrogen-bond donors (Lipinski definition) is 0. The Bertz CT molecular complexity index is 1030. The third-order valence-electron chi connectivity index (χ3n) is 4.77. The summed E-state index contributed by atoms with van der Waals surface area (Å²) in [6.45, 7) is 6.52. The molecule has 4 rings (SSSR count). The minimum Gasteiger partial charge on any atom is -0.275 e. The molecule has 1 heterocycles. The Labute approximate surface area is 160 Å². The lowest BCUT2D eigenvalue weighted by Gasteiger charge is -2.19. The molecule has 134 valence electrons. The summed E-state index contributed by atoms with van der Waals surface area (Å²) in [5.74, 6) is -0.0939. The van der Waals surface area contributed by atoms with Gasteiger partial charge in [0.25, 0.3) is 5.91 Å².